The summed E-state index contributed by atoms with van der Waals surface area (Å²) in [4.78, 5) is 4.23. The van der Waals surface area contributed by atoms with E-state index in [4.69, 9.17) is 11.0 Å². The molecule has 0 saturated carbocycles. The lowest BCUT2D eigenvalue weighted by atomic mass is 9.91. The van der Waals surface area contributed by atoms with Crippen LogP contribution in [-0.4, -0.2) is 24.8 Å². The number of allylic oxidation sites excluding steroid dienone is 1. The first kappa shape index (κ1) is 13.7. The molecule has 0 amide bonds. The summed E-state index contributed by atoms with van der Waals surface area (Å²) in [6.45, 7) is 5.72. The predicted molar refractivity (Wildman–Crippen MR) is 63.6 cm³/mol. The zero-order chi connectivity index (χ0) is 11.6. The van der Waals surface area contributed by atoms with Gasteiger partial charge in [0, 0.05) is 6.21 Å². The number of nitrogens with zero attached hydrogens (tertiary/aromatic N) is 2. The van der Waals surface area contributed by atoms with E-state index in [0.717, 1.165) is 25.9 Å². The quantitative estimate of drug-likeness (QED) is 0.670. The van der Waals surface area contributed by atoms with Gasteiger partial charge in [-0.3, -0.25) is 4.99 Å². The van der Waals surface area contributed by atoms with Crippen LogP contribution in [0.15, 0.2) is 17.3 Å². The molecule has 1 heterocycles. The fourth-order valence-corrected chi connectivity index (χ4v) is 1.35. The minimum atomic E-state index is -0.523. The molecule has 0 aromatic heterocycles. The van der Waals surface area contributed by atoms with Gasteiger partial charge in [-0.05, 0) is 38.2 Å². The Bertz CT molecular complexity index is 244. The summed E-state index contributed by atoms with van der Waals surface area (Å²) in [5.74, 6) is 0. The molecule has 0 radical (unpaired) electrons. The Morgan fingerprint density at radius 2 is 2.00 bits per heavy atom. The Kier molecular flexibility index (Phi) is 7.29. The van der Waals surface area contributed by atoms with Gasteiger partial charge in [0.1, 0.15) is 5.54 Å². The standard InChI is InChI=1S/C9H14N4.C2H6/c10-4-1-5-13-9(8-11)2-6-12-7-3-9;1-2/h1,4-5,12H,2-3,6-7,10H2;1-2H3/b4-1-,13-5?;. The fraction of sp³-hybridized carbons (Fsp3) is 0.636. The van der Waals surface area contributed by atoms with Crippen LogP contribution in [0.1, 0.15) is 26.7 Å². The average molecular weight is 208 g/mol. The number of hydrogen-bond acceptors (Lipinski definition) is 4. The van der Waals surface area contributed by atoms with E-state index in [0.29, 0.717) is 0 Å². The Balaban J connectivity index is 0.000000921. The first-order valence-corrected chi connectivity index (χ1v) is 5.37. The lowest BCUT2D eigenvalue weighted by molar-refractivity contribution is 0.387. The van der Waals surface area contributed by atoms with Crippen LogP contribution >= 0.6 is 0 Å². The van der Waals surface area contributed by atoms with Crippen LogP contribution in [0, 0.1) is 11.3 Å². The van der Waals surface area contributed by atoms with Crippen molar-refractivity contribution < 1.29 is 0 Å². The molecule has 1 aliphatic heterocycles. The first-order chi connectivity index (χ1) is 7.33. The normalized spacial score (nSPS) is 19.5. The molecule has 4 heteroatoms. The van der Waals surface area contributed by atoms with Gasteiger partial charge in [0.25, 0.3) is 0 Å². The number of aliphatic imine (C=N–C) groups is 1. The Morgan fingerprint density at radius 3 is 2.47 bits per heavy atom. The molecule has 4 nitrogen and oxygen atoms in total. The molecule has 0 aromatic carbocycles. The third kappa shape index (κ3) is 4.61. The monoisotopic (exact) mass is 208 g/mol. The Labute approximate surface area is 91.9 Å². The summed E-state index contributed by atoms with van der Waals surface area (Å²) in [7, 11) is 0. The second-order valence-corrected chi connectivity index (χ2v) is 3.06. The van der Waals surface area contributed by atoms with Gasteiger partial charge in [-0.15, -0.1) is 0 Å². The third-order valence-electron chi connectivity index (χ3n) is 2.16. The number of hydrogen-bond donors (Lipinski definition) is 2. The predicted octanol–water partition coefficient (Wildman–Crippen LogP) is 1.20. The van der Waals surface area contributed by atoms with Crippen molar-refractivity contribution in [3.05, 3.63) is 12.3 Å². The second-order valence-electron chi connectivity index (χ2n) is 3.06. The van der Waals surface area contributed by atoms with Crippen molar-refractivity contribution in [1.82, 2.24) is 5.32 Å². The molecule has 0 aromatic rings. The molecule has 0 unspecified atom stereocenters. The summed E-state index contributed by atoms with van der Waals surface area (Å²) >= 11 is 0. The molecule has 1 rings (SSSR count). The van der Waals surface area contributed by atoms with Crippen molar-refractivity contribution in [3.8, 4) is 6.07 Å². The number of rotatable bonds is 2. The number of nitrogens with one attached hydrogen (secondary N) is 1. The van der Waals surface area contributed by atoms with E-state index in [-0.39, 0.29) is 0 Å². The van der Waals surface area contributed by atoms with Crippen LogP contribution in [0.25, 0.3) is 0 Å². The van der Waals surface area contributed by atoms with Gasteiger partial charge in [0.2, 0.25) is 0 Å². The highest BCUT2D eigenvalue weighted by Gasteiger charge is 2.30. The zero-order valence-electron chi connectivity index (χ0n) is 9.53. The van der Waals surface area contributed by atoms with E-state index in [1.165, 1.54) is 6.20 Å². The van der Waals surface area contributed by atoms with Gasteiger partial charge in [-0.2, -0.15) is 5.26 Å². The first-order valence-electron chi connectivity index (χ1n) is 5.37. The highest BCUT2D eigenvalue weighted by atomic mass is 14.9. The van der Waals surface area contributed by atoms with Crippen molar-refractivity contribution in [2.24, 2.45) is 10.7 Å². The molecule has 84 valence electrons. The van der Waals surface area contributed by atoms with Crippen LogP contribution in [0.5, 0.6) is 0 Å². The van der Waals surface area contributed by atoms with Crippen molar-refractivity contribution in [1.29, 1.82) is 5.26 Å². The lowest BCUT2D eigenvalue weighted by Crippen LogP contribution is -2.39. The van der Waals surface area contributed by atoms with Crippen molar-refractivity contribution in [2.75, 3.05) is 13.1 Å². The molecule has 3 N–H and O–H groups in total. The Morgan fingerprint density at radius 1 is 1.40 bits per heavy atom. The van der Waals surface area contributed by atoms with E-state index < -0.39 is 5.54 Å². The summed E-state index contributed by atoms with van der Waals surface area (Å²) < 4.78 is 0. The number of nitriles is 1. The summed E-state index contributed by atoms with van der Waals surface area (Å²) in [6.07, 6.45) is 6.21. The fourth-order valence-electron chi connectivity index (χ4n) is 1.35. The topological polar surface area (TPSA) is 74.2 Å². The van der Waals surface area contributed by atoms with Crippen molar-refractivity contribution in [3.63, 3.8) is 0 Å². The maximum atomic E-state index is 8.99. The highest BCUT2D eigenvalue weighted by Crippen LogP contribution is 2.21. The maximum absolute atomic E-state index is 8.99. The molecular weight excluding hydrogens is 188 g/mol. The molecule has 0 atom stereocenters. The molecule has 0 bridgehead atoms. The molecule has 0 aliphatic carbocycles. The maximum Gasteiger partial charge on any atom is 0.149 e. The molecule has 1 aliphatic rings. The highest BCUT2D eigenvalue weighted by molar-refractivity contribution is 5.71. The molecule has 1 saturated heterocycles. The largest absolute Gasteiger partial charge is 0.405 e. The van der Waals surface area contributed by atoms with Crippen molar-refractivity contribution in [2.45, 2.75) is 32.2 Å². The smallest absolute Gasteiger partial charge is 0.149 e. The van der Waals surface area contributed by atoms with E-state index in [2.05, 4.69) is 16.4 Å². The summed E-state index contributed by atoms with van der Waals surface area (Å²) in [6, 6.07) is 2.26. The zero-order valence-corrected chi connectivity index (χ0v) is 9.53. The molecular formula is C11H20N4. The number of nitrogens with two attached hydrogens (primary N) is 1. The molecule has 1 fully saturated rings. The number of piperidine rings is 1. The minimum Gasteiger partial charge on any atom is -0.405 e. The minimum absolute atomic E-state index is 0.523. The van der Waals surface area contributed by atoms with E-state index in [1.54, 1.807) is 12.3 Å². The summed E-state index contributed by atoms with van der Waals surface area (Å²) in [5.41, 5.74) is 4.64. The van der Waals surface area contributed by atoms with Crippen LogP contribution in [0.2, 0.25) is 0 Å². The van der Waals surface area contributed by atoms with E-state index in [1.807, 2.05) is 13.8 Å². The summed E-state index contributed by atoms with van der Waals surface area (Å²) in [5, 5.41) is 12.2. The van der Waals surface area contributed by atoms with Crippen LogP contribution in [-0.2, 0) is 0 Å². The van der Waals surface area contributed by atoms with E-state index >= 15 is 0 Å². The van der Waals surface area contributed by atoms with Gasteiger partial charge in [0.15, 0.2) is 0 Å². The van der Waals surface area contributed by atoms with E-state index in [9.17, 15) is 0 Å². The Hall–Kier alpha value is -1.34. The van der Waals surface area contributed by atoms with Gasteiger partial charge in [-0.1, -0.05) is 13.8 Å². The van der Waals surface area contributed by atoms with Gasteiger partial charge < -0.3 is 11.1 Å². The van der Waals surface area contributed by atoms with Crippen LogP contribution in [0.3, 0.4) is 0 Å². The van der Waals surface area contributed by atoms with Gasteiger partial charge >= 0.3 is 0 Å². The van der Waals surface area contributed by atoms with Gasteiger partial charge in [-0.25, -0.2) is 0 Å². The third-order valence-corrected chi connectivity index (χ3v) is 2.16. The van der Waals surface area contributed by atoms with Gasteiger partial charge in [0.05, 0.1) is 6.07 Å². The second kappa shape index (κ2) is 8.01. The SMILES string of the molecule is CC.N#CC1(N=C/C=C\N)CCNCC1. The molecule has 15 heavy (non-hydrogen) atoms. The van der Waals surface area contributed by atoms with Crippen LogP contribution in [0.4, 0.5) is 0 Å². The lowest BCUT2D eigenvalue weighted by Gasteiger charge is -2.26. The average Bonchev–Trinajstić information content (AvgIpc) is 2.33. The van der Waals surface area contributed by atoms with Crippen LogP contribution < -0.4 is 11.1 Å². The molecule has 0 spiro atoms. The van der Waals surface area contributed by atoms with Crippen molar-refractivity contribution >= 4 is 6.21 Å².